The predicted octanol–water partition coefficient (Wildman–Crippen LogP) is 4.15. The number of fused-ring (bicyclic) bond motifs is 1. The van der Waals surface area contributed by atoms with Gasteiger partial charge in [0.05, 0.1) is 10.8 Å². The van der Waals surface area contributed by atoms with Crippen molar-refractivity contribution in [3.05, 3.63) is 64.6 Å². The van der Waals surface area contributed by atoms with E-state index in [1.54, 1.807) is 24.3 Å². The van der Waals surface area contributed by atoms with Gasteiger partial charge in [-0.15, -0.1) is 0 Å². The highest BCUT2D eigenvalue weighted by Crippen LogP contribution is 2.36. The fourth-order valence-corrected chi connectivity index (χ4v) is 4.55. The molecule has 2 aromatic rings. The normalized spacial score (nSPS) is 17.2. The number of nitrogens with one attached hydrogen (secondary N) is 1. The number of benzene rings is 2. The van der Waals surface area contributed by atoms with Gasteiger partial charge in [-0.05, 0) is 47.5 Å². The van der Waals surface area contributed by atoms with Gasteiger partial charge in [0.2, 0.25) is 12.7 Å². The van der Waals surface area contributed by atoms with E-state index in [9.17, 15) is 14.4 Å². The smallest absolute Gasteiger partial charge is 0.293 e. The van der Waals surface area contributed by atoms with E-state index >= 15 is 0 Å². The van der Waals surface area contributed by atoms with Crippen molar-refractivity contribution in [3.8, 4) is 11.5 Å². The van der Waals surface area contributed by atoms with Crippen LogP contribution in [0.1, 0.15) is 36.8 Å². The van der Waals surface area contributed by atoms with Gasteiger partial charge in [0.15, 0.2) is 11.5 Å². The Morgan fingerprint density at radius 2 is 1.94 bits per heavy atom. The molecule has 1 N–H and O–H groups in total. The summed E-state index contributed by atoms with van der Waals surface area (Å²) in [6.45, 7) is 2.55. The van der Waals surface area contributed by atoms with Gasteiger partial charge in [-0.2, -0.15) is 0 Å². The molecule has 0 aliphatic carbocycles. The minimum absolute atomic E-state index is 0.0964. The lowest BCUT2D eigenvalue weighted by Crippen LogP contribution is -2.39. The third-order valence-corrected chi connectivity index (χ3v) is 6.21. The maximum atomic E-state index is 12.7. The van der Waals surface area contributed by atoms with Gasteiger partial charge in [-0.1, -0.05) is 49.7 Å². The number of hydrogen-bond acceptors (Lipinski definition) is 6. The van der Waals surface area contributed by atoms with E-state index in [2.05, 4.69) is 5.32 Å². The number of ether oxygens (including phenoxy) is 2. The molecule has 2 aromatic carbocycles. The molecule has 32 heavy (non-hydrogen) atoms. The number of thioether (sulfide) groups is 1. The zero-order valence-electron chi connectivity index (χ0n) is 17.7. The molecule has 2 aliphatic rings. The minimum atomic E-state index is -0.361. The Morgan fingerprint density at radius 3 is 2.72 bits per heavy atom. The van der Waals surface area contributed by atoms with Crippen LogP contribution in [0.5, 0.6) is 11.5 Å². The summed E-state index contributed by atoms with van der Waals surface area (Å²) in [5.74, 6) is 0.562. The molecule has 3 amide bonds. The highest BCUT2D eigenvalue weighted by Gasteiger charge is 2.35. The molecule has 166 valence electrons. The Morgan fingerprint density at radius 1 is 1.16 bits per heavy atom. The van der Waals surface area contributed by atoms with Crippen LogP contribution in [0.4, 0.5) is 4.79 Å². The largest absolute Gasteiger partial charge is 0.454 e. The predicted molar refractivity (Wildman–Crippen MR) is 122 cm³/mol. The number of amides is 3. The lowest BCUT2D eigenvalue weighted by atomic mass is 9.94. The number of carbonyl (C=O) groups excluding carboxylic acids is 3. The van der Waals surface area contributed by atoms with Crippen LogP contribution in [-0.2, 0) is 9.59 Å². The minimum Gasteiger partial charge on any atom is -0.454 e. The molecule has 2 heterocycles. The maximum Gasteiger partial charge on any atom is 0.293 e. The van der Waals surface area contributed by atoms with Crippen molar-refractivity contribution >= 4 is 34.9 Å². The van der Waals surface area contributed by atoms with E-state index in [0.29, 0.717) is 16.4 Å². The van der Waals surface area contributed by atoms with Crippen molar-refractivity contribution in [2.24, 2.45) is 0 Å². The summed E-state index contributed by atoms with van der Waals surface area (Å²) in [5.41, 5.74) is 1.71. The molecule has 0 spiro atoms. The number of hydrogen-bond donors (Lipinski definition) is 1. The van der Waals surface area contributed by atoms with Crippen LogP contribution >= 0.6 is 11.8 Å². The summed E-state index contributed by atoms with van der Waals surface area (Å²) >= 11 is 0.894. The quantitative estimate of drug-likeness (QED) is 0.606. The van der Waals surface area contributed by atoms with Crippen molar-refractivity contribution in [3.63, 3.8) is 0 Å². The average Bonchev–Trinajstić information content (AvgIpc) is 3.37. The van der Waals surface area contributed by atoms with E-state index in [4.69, 9.17) is 9.47 Å². The third kappa shape index (κ3) is 4.80. The van der Waals surface area contributed by atoms with Crippen LogP contribution in [0.15, 0.2) is 53.4 Å². The van der Waals surface area contributed by atoms with E-state index in [1.165, 1.54) is 4.90 Å². The average molecular weight is 453 g/mol. The maximum absolute atomic E-state index is 12.7. The number of rotatable bonds is 8. The molecular weight excluding hydrogens is 428 g/mol. The zero-order valence-corrected chi connectivity index (χ0v) is 18.5. The topological polar surface area (TPSA) is 84.9 Å². The van der Waals surface area contributed by atoms with Gasteiger partial charge in [0.25, 0.3) is 11.1 Å². The summed E-state index contributed by atoms with van der Waals surface area (Å²) < 4.78 is 10.6. The second-order valence-corrected chi connectivity index (χ2v) is 8.48. The Labute approximate surface area is 190 Å². The Hall–Kier alpha value is -3.26. The number of carbonyl (C=O) groups is 3. The molecule has 4 rings (SSSR count). The fourth-order valence-electron chi connectivity index (χ4n) is 3.68. The van der Waals surface area contributed by atoms with Crippen LogP contribution in [0.2, 0.25) is 0 Å². The first kappa shape index (κ1) is 22.0. The van der Waals surface area contributed by atoms with Crippen molar-refractivity contribution in [1.29, 1.82) is 0 Å². The monoisotopic (exact) mass is 452 g/mol. The van der Waals surface area contributed by atoms with Crippen LogP contribution in [-0.4, -0.2) is 41.8 Å². The first-order valence-electron chi connectivity index (χ1n) is 10.5. The number of imide groups is 1. The molecule has 1 saturated heterocycles. The van der Waals surface area contributed by atoms with Crippen LogP contribution in [0, 0.1) is 0 Å². The van der Waals surface area contributed by atoms with E-state index in [-0.39, 0.29) is 42.9 Å². The summed E-state index contributed by atoms with van der Waals surface area (Å²) in [6.07, 6.45) is 3.27. The molecule has 0 radical (unpaired) electrons. The summed E-state index contributed by atoms with van der Waals surface area (Å²) in [6, 6.07) is 15.0. The highest BCUT2D eigenvalue weighted by atomic mass is 32.2. The Balaban J connectivity index is 1.36. The molecule has 1 atom stereocenters. The van der Waals surface area contributed by atoms with E-state index in [1.807, 2.05) is 37.3 Å². The third-order valence-electron chi connectivity index (χ3n) is 5.30. The van der Waals surface area contributed by atoms with Crippen molar-refractivity contribution in [2.45, 2.75) is 25.7 Å². The molecule has 0 bridgehead atoms. The number of nitrogens with zero attached hydrogens (tertiary/aromatic N) is 1. The standard InChI is InChI=1S/C24H24N2O5S/c1-2-6-18(17-7-4-3-5-8-17)22(27)25-11-12-26-23(28)21(32-24(26)29)14-16-9-10-19-20(13-16)31-15-30-19/h3-5,7-10,13-14,18H,2,6,11-12,15H2,1H3,(H,25,27)/b21-14-/t18-/m0/s1. The molecule has 0 saturated carbocycles. The molecule has 2 aliphatic heterocycles. The lowest BCUT2D eigenvalue weighted by Gasteiger charge is -2.18. The van der Waals surface area contributed by atoms with Gasteiger partial charge in [0.1, 0.15) is 0 Å². The van der Waals surface area contributed by atoms with Crippen LogP contribution < -0.4 is 14.8 Å². The molecule has 8 heteroatoms. The van der Waals surface area contributed by atoms with Gasteiger partial charge in [-0.25, -0.2) is 0 Å². The molecular formula is C24H24N2O5S. The zero-order chi connectivity index (χ0) is 22.5. The Kier molecular flexibility index (Phi) is 6.80. The first-order chi connectivity index (χ1) is 15.6. The summed E-state index contributed by atoms with van der Waals surface area (Å²) in [5, 5.41) is 2.54. The summed E-state index contributed by atoms with van der Waals surface area (Å²) in [4.78, 5) is 39.4. The Bertz CT molecular complexity index is 1050. The summed E-state index contributed by atoms with van der Waals surface area (Å²) in [7, 11) is 0. The lowest BCUT2D eigenvalue weighted by molar-refractivity contribution is -0.125. The molecule has 7 nitrogen and oxygen atoms in total. The fraction of sp³-hybridized carbons (Fsp3) is 0.292. The molecule has 1 fully saturated rings. The van der Waals surface area contributed by atoms with Crippen molar-refractivity contribution < 1.29 is 23.9 Å². The van der Waals surface area contributed by atoms with E-state index in [0.717, 1.165) is 35.7 Å². The van der Waals surface area contributed by atoms with Crippen LogP contribution in [0.25, 0.3) is 6.08 Å². The van der Waals surface area contributed by atoms with Crippen LogP contribution in [0.3, 0.4) is 0 Å². The first-order valence-corrected chi connectivity index (χ1v) is 11.4. The second-order valence-electron chi connectivity index (χ2n) is 7.49. The van der Waals surface area contributed by atoms with Gasteiger partial charge < -0.3 is 14.8 Å². The van der Waals surface area contributed by atoms with Crippen molar-refractivity contribution in [2.75, 3.05) is 19.9 Å². The molecule has 0 aromatic heterocycles. The SMILES string of the molecule is CCC[C@H](C(=O)NCCN1C(=O)S/C(=C\c2ccc3c(c2)OCO3)C1=O)c1ccccc1. The second kappa shape index (κ2) is 9.91. The van der Waals surface area contributed by atoms with Crippen molar-refractivity contribution in [1.82, 2.24) is 10.2 Å². The van der Waals surface area contributed by atoms with Gasteiger partial charge in [0, 0.05) is 13.1 Å². The van der Waals surface area contributed by atoms with Gasteiger partial charge >= 0.3 is 0 Å². The highest BCUT2D eigenvalue weighted by molar-refractivity contribution is 8.18. The van der Waals surface area contributed by atoms with E-state index < -0.39 is 0 Å². The van der Waals surface area contributed by atoms with Gasteiger partial charge in [-0.3, -0.25) is 19.3 Å². The molecule has 0 unspecified atom stereocenters.